The smallest absolute Gasteiger partial charge is 0.227 e. The summed E-state index contributed by atoms with van der Waals surface area (Å²) in [4.78, 5) is 18.1. The van der Waals surface area contributed by atoms with Gasteiger partial charge in [0.25, 0.3) is 0 Å². The van der Waals surface area contributed by atoms with Gasteiger partial charge in [-0.3, -0.25) is 4.79 Å². The molecule has 1 saturated heterocycles. The highest BCUT2D eigenvalue weighted by Crippen LogP contribution is 2.29. The average Bonchev–Trinajstić information content (AvgIpc) is 2.88. The fourth-order valence-corrected chi connectivity index (χ4v) is 4.44. The third-order valence-electron chi connectivity index (χ3n) is 5.89. The second-order valence-corrected chi connectivity index (χ2v) is 9.01. The first kappa shape index (κ1) is 23.8. The molecule has 34 heavy (non-hydrogen) atoms. The monoisotopic (exact) mass is 478 g/mol. The summed E-state index contributed by atoms with van der Waals surface area (Å²) < 4.78 is 16.5. The van der Waals surface area contributed by atoms with Gasteiger partial charge in [0, 0.05) is 36.8 Å². The molecule has 0 aliphatic carbocycles. The Bertz CT molecular complexity index is 1090. The lowest BCUT2D eigenvalue weighted by Gasteiger charge is -2.36. The van der Waals surface area contributed by atoms with Gasteiger partial charge in [0.1, 0.15) is 5.75 Å². The van der Waals surface area contributed by atoms with E-state index in [-0.39, 0.29) is 5.91 Å². The standard InChI is InChI=1S/C27H30N2O4S/c1-20-4-11-24(12-5-20)34-33-23-9-7-22(8-10-23)28-14-16-29(17-15-28)27(30)19-21-6-13-25(31-2)26(18-21)32-3/h4-13,18H,14-17,19H2,1-3H3. The molecular weight excluding hydrogens is 448 g/mol. The first-order chi connectivity index (χ1) is 16.6. The van der Waals surface area contributed by atoms with E-state index in [1.165, 1.54) is 17.6 Å². The molecule has 1 fully saturated rings. The molecule has 0 radical (unpaired) electrons. The van der Waals surface area contributed by atoms with Gasteiger partial charge in [-0.25, -0.2) is 0 Å². The Labute approximate surface area is 205 Å². The highest BCUT2D eigenvalue weighted by atomic mass is 32.2. The van der Waals surface area contributed by atoms with Crippen molar-refractivity contribution in [2.24, 2.45) is 0 Å². The number of hydrogen-bond donors (Lipinski definition) is 0. The van der Waals surface area contributed by atoms with Crippen molar-refractivity contribution in [3.8, 4) is 17.2 Å². The molecular formula is C27H30N2O4S. The molecule has 0 bridgehead atoms. The van der Waals surface area contributed by atoms with E-state index in [0.717, 1.165) is 35.0 Å². The van der Waals surface area contributed by atoms with Gasteiger partial charge in [0.05, 0.1) is 32.7 Å². The molecule has 7 heteroatoms. The molecule has 3 aromatic carbocycles. The summed E-state index contributed by atoms with van der Waals surface area (Å²) in [5.74, 6) is 2.25. The summed E-state index contributed by atoms with van der Waals surface area (Å²) in [7, 11) is 3.21. The minimum absolute atomic E-state index is 0.128. The third kappa shape index (κ3) is 5.97. The second kappa shape index (κ2) is 11.2. The van der Waals surface area contributed by atoms with E-state index in [1.54, 1.807) is 14.2 Å². The van der Waals surface area contributed by atoms with Gasteiger partial charge < -0.3 is 23.5 Å². The number of hydrogen-bond acceptors (Lipinski definition) is 6. The van der Waals surface area contributed by atoms with Crippen LogP contribution in [0.3, 0.4) is 0 Å². The van der Waals surface area contributed by atoms with Crippen LogP contribution in [-0.4, -0.2) is 51.2 Å². The molecule has 1 amide bonds. The van der Waals surface area contributed by atoms with E-state index in [4.69, 9.17) is 13.7 Å². The van der Waals surface area contributed by atoms with Gasteiger partial charge in [-0.05, 0) is 61.0 Å². The summed E-state index contributed by atoms with van der Waals surface area (Å²) in [5, 5.41) is 0. The summed E-state index contributed by atoms with van der Waals surface area (Å²) in [6, 6.07) is 22.0. The van der Waals surface area contributed by atoms with Crippen LogP contribution in [0.15, 0.2) is 71.6 Å². The number of carbonyl (C=O) groups is 1. The molecule has 3 aromatic rings. The van der Waals surface area contributed by atoms with Crippen molar-refractivity contribution >= 4 is 23.6 Å². The Kier molecular flexibility index (Phi) is 7.85. The van der Waals surface area contributed by atoms with Gasteiger partial charge in [-0.2, -0.15) is 0 Å². The molecule has 0 aromatic heterocycles. The lowest BCUT2D eigenvalue weighted by molar-refractivity contribution is -0.130. The number of ether oxygens (including phenoxy) is 2. The molecule has 4 rings (SSSR count). The first-order valence-electron chi connectivity index (χ1n) is 11.3. The zero-order chi connectivity index (χ0) is 23.9. The summed E-state index contributed by atoms with van der Waals surface area (Å²) in [6.45, 7) is 5.08. The van der Waals surface area contributed by atoms with Crippen LogP contribution in [0.5, 0.6) is 17.2 Å². The van der Waals surface area contributed by atoms with Crippen molar-refractivity contribution in [2.45, 2.75) is 18.2 Å². The summed E-state index contributed by atoms with van der Waals surface area (Å²) in [5.41, 5.74) is 3.29. The van der Waals surface area contributed by atoms with Crippen LogP contribution in [0.2, 0.25) is 0 Å². The van der Waals surface area contributed by atoms with Crippen LogP contribution >= 0.6 is 12.0 Å². The Morgan fingerprint density at radius 1 is 0.853 bits per heavy atom. The minimum atomic E-state index is 0.128. The topological polar surface area (TPSA) is 51.2 Å². The molecule has 0 unspecified atom stereocenters. The minimum Gasteiger partial charge on any atom is -0.493 e. The van der Waals surface area contributed by atoms with Gasteiger partial charge in [0.2, 0.25) is 5.91 Å². The van der Waals surface area contributed by atoms with Crippen LogP contribution in [0.25, 0.3) is 0 Å². The first-order valence-corrected chi connectivity index (χ1v) is 12.0. The molecule has 0 spiro atoms. The molecule has 1 aliphatic heterocycles. The van der Waals surface area contributed by atoms with Crippen LogP contribution in [-0.2, 0) is 11.2 Å². The zero-order valence-electron chi connectivity index (χ0n) is 19.8. The molecule has 0 atom stereocenters. The Morgan fingerprint density at radius 2 is 1.53 bits per heavy atom. The van der Waals surface area contributed by atoms with Crippen molar-refractivity contribution in [1.29, 1.82) is 0 Å². The lowest BCUT2D eigenvalue weighted by Crippen LogP contribution is -2.49. The number of piperazine rings is 1. The number of methoxy groups -OCH3 is 2. The Morgan fingerprint density at radius 3 is 2.18 bits per heavy atom. The zero-order valence-corrected chi connectivity index (χ0v) is 20.6. The van der Waals surface area contributed by atoms with Crippen molar-refractivity contribution in [2.75, 3.05) is 45.3 Å². The highest BCUT2D eigenvalue weighted by molar-refractivity contribution is 7.95. The maximum absolute atomic E-state index is 12.8. The molecule has 0 N–H and O–H groups in total. The fraction of sp³-hybridized carbons (Fsp3) is 0.296. The van der Waals surface area contributed by atoms with E-state index in [1.807, 2.05) is 35.2 Å². The number of benzene rings is 3. The summed E-state index contributed by atoms with van der Waals surface area (Å²) in [6.07, 6.45) is 0.352. The van der Waals surface area contributed by atoms with Gasteiger partial charge >= 0.3 is 0 Å². The number of nitrogens with zero attached hydrogens (tertiary/aromatic N) is 2. The van der Waals surface area contributed by atoms with E-state index in [9.17, 15) is 4.79 Å². The number of carbonyl (C=O) groups excluding carboxylic acids is 1. The van der Waals surface area contributed by atoms with Crippen molar-refractivity contribution in [3.63, 3.8) is 0 Å². The van der Waals surface area contributed by atoms with Gasteiger partial charge in [-0.15, -0.1) is 0 Å². The Balaban J connectivity index is 1.27. The quantitative estimate of drug-likeness (QED) is 0.425. The predicted molar refractivity (Wildman–Crippen MR) is 136 cm³/mol. The maximum atomic E-state index is 12.8. The average molecular weight is 479 g/mol. The Hall–Kier alpha value is -3.32. The fourth-order valence-electron chi connectivity index (χ4n) is 3.89. The van der Waals surface area contributed by atoms with Crippen LogP contribution in [0.4, 0.5) is 5.69 Å². The van der Waals surface area contributed by atoms with Gasteiger partial charge in [-0.1, -0.05) is 23.8 Å². The number of anilines is 1. The van der Waals surface area contributed by atoms with Crippen LogP contribution in [0, 0.1) is 6.92 Å². The predicted octanol–water partition coefficient (Wildman–Crippen LogP) is 4.99. The third-order valence-corrected chi connectivity index (χ3v) is 6.63. The normalized spacial score (nSPS) is 13.5. The number of amides is 1. The van der Waals surface area contributed by atoms with Crippen molar-refractivity contribution < 1.29 is 18.5 Å². The van der Waals surface area contributed by atoms with Crippen molar-refractivity contribution in [3.05, 3.63) is 77.9 Å². The van der Waals surface area contributed by atoms with Gasteiger partial charge in [0.15, 0.2) is 11.5 Å². The largest absolute Gasteiger partial charge is 0.493 e. The van der Waals surface area contributed by atoms with E-state index in [2.05, 4.69) is 48.2 Å². The molecule has 178 valence electrons. The molecule has 6 nitrogen and oxygen atoms in total. The van der Waals surface area contributed by atoms with E-state index in [0.29, 0.717) is 31.0 Å². The lowest BCUT2D eigenvalue weighted by atomic mass is 10.1. The molecule has 0 saturated carbocycles. The maximum Gasteiger partial charge on any atom is 0.227 e. The molecule has 1 heterocycles. The SMILES string of the molecule is COc1ccc(CC(=O)N2CCN(c3ccc(OSc4ccc(C)cc4)cc3)CC2)cc1OC. The van der Waals surface area contributed by atoms with Crippen LogP contribution < -0.4 is 18.6 Å². The second-order valence-electron chi connectivity index (χ2n) is 8.21. The number of rotatable bonds is 8. The summed E-state index contributed by atoms with van der Waals surface area (Å²) >= 11 is 1.36. The number of aryl methyl sites for hydroxylation is 1. The highest BCUT2D eigenvalue weighted by Gasteiger charge is 2.22. The van der Waals surface area contributed by atoms with Crippen molar-refractivity contribution in [1.82, 2.24) is 4.90 Å². The molecule has 1 aliphatic rings. The van der Waals surface area contributed by atoms with E-state index < -0.39 is 0 Å². The van der Waals surface area contributed by atoms with Crippen LogP contribution in [0.1, 0.15) is 11.1 Å². The van der Waals surface area contributed by atoms with E-state index >= 15 is 0 Å².